The molecule has 0 spiro atoms. The number of thiazole rings is 1. The van der Waals surface area contributed by atoms with Gasteiger partial charge in [-0.1, -0.05) is 0 Å². The largest absolute Gasteiger partial charge is 0.464 e. The average Bonchev–Trinajstić information content (AvgIpc) is 3.35. The first-order valence-electron chi connectivity index (χ1n) is 8.18. The molecule has 5 aromatic heterocycles. The fourth-order valence-electron chi connectivity index (χ4n) is 2.84. The van der Waals surface area contributed by atoms with Crippen LogP contribution in [0.1, 0.15) is 5.69 Å². The summed E-state index contributed by atoms with van der Waals surface area (Å²) >= 11 is 1.54. The number of fused-ring (bicyclic) bond motifs is 1. The zero-order valence-corrected chi connectivity index (χ0v) is 15.0. The molecular weight excluding hydrogens is 360 g/mol. The van der Waals surface area contributed by atoms with Crippen LogP contribution >= 0.6 is 11.3 Å². The third-order valence-corrected chi connectivity index (χ3v) is 5.29. The van der Waals surface area contributed by atoms with Gasteiger partial charge in [-0.3, -0.25) is 0 Å². The minimum atomic E-state index is 0.560. The van der Waals surface area contributed by atoms with Gasteiger partial charge in [-0.25, -0.2) is 29.9 Å². The van der Waals surface area contributed by atoms with Gasteiger partial charge in [0.1, 0.15) is 22.6 Å². The summed E-state index contributed by atoms with van der Waals surface area (Å²) in [7, 11) is 0. The molecule has 0 aliphatic carbocycles. The van der Waals surface area contributed by atoms with Crippen molar-refractivity contribution in [3.05, 3.63) is 61.3 Å². The summed E-state index contributed by atoms with van der Waals surface area (Å²) in [5.41, 5.74) is 3.96. The molecule has 0 aliphatic heterocycles. The summed E-state index contributed by atoms with van der Waals surface area (Å²) in [4.78, 5) is 27.3. The lowest BCUT2D eigenvalue weighted by atomic mass is 10.2. The highest BCUT2D eigenvalue weighted by atomic mass is 32.1. The molecule has 27 heavy (non-hydrogen) atoms. The van der Waals surface area contributed by atoms with Gasteiger partial charge in [0, 0.05) is 41.8 Å². The van der Waals surface area contributed by atoms with Gasteiger partial charge in [-0.2, -0.15) is 0 Å². The number of rotatable bonds is 3. The minimum absolute atomic E-state index is 0.560. The Balaban J connectivity index is 1.69. The lowest BCUT2D eigenvalue weighted by Gasteiger charge is -2.04. The van der Waals surface area contributed by atoms with Crippen LogP contribution in [0.15, 0.2) is 60.0 Å². The Kier molecular flexibility index (Phi) is 3.68. The van der Waals surface area contributed by atoms with Crippen molar-refractivity contribution < 1.29 is 4.42 Å². The van der Waals surface area contributed by atoms with Crippen molar-refractivity contribution in [1.82, 2.24) is 29.9 Å². The first-order chi connectivity index (χ1) is 13.3. The summed E-state index contributed by atoms with van der Waals surface area (Å²) in [5, 5.41) is 1.73. The molecule has 0 atom stereocenters. The first-order valence-corrected chi connectivity index (χ1v) is 9.00. The molecule has 0 amide bonds. The molecule has 0 saturated carbocycles. The Hall–Kier alpha value is -3.52. The van der Waals surface area contributed by atoms with Crippen molar-refractivity contribution in [3.63, 3.8) is 0 Å². The van der Waals surface area contributed by atoms with Crippen molar-refractivity contribution in [1.29, 1.82) is 0 Å². The van der Waals surface area contributed by atoms with Crippen LogP contribution in [0.3, 0.4) is 0 Å². The Morgan fingerprint density at radius 1 is 1.04 bits per heavy atom. The van der Waals surface area contributed by atoms with Crippen molar-refractivity contribution in [2.24, 2.45) is 0 Å². The van der Waals surface area contributed by atoms with Crippen LogP contribution in [0.2, 0.25) is 0 Å². The predicted octanol–water partition coefficient (Wildman–Crippen LogP) is 4.17. The molecule has 0 fully saturated rings. The second kappa shape index (κ2) is 6.33. The molecule has 0 N–H and O–H groups in total. The molecule has 0 saturated heterocycles. The third kappa shape index (κ3) is 2.76. The van der Waals surface area contributed by atoms with Gasteiger partial charge >= 0.3 is 0 Å². The fraction of sp³-hybridized carbons (Fsp3) is 0.0526. The van der Waals surface area contributed by atoms with Gasteiger partial charge in [0.15, 0.2) is 5.82 Å². The Bertz CT molecular complexity index is 1230. The number of aromatic nitrogens is 6. The van der Waals surface area contributed by atoms with Crippen LogP contribution in [0, 0.1) is 6.92 Å². The number of furan rings is 1. The molecule has 5 aromatic rings. The molecule has 7 nitrogen and oxygen atoms in total. The SMILES string of the molecule is Cc1nc(-c2cncnc2)sc1-c1cc2occc2c(-c2ncccn2)n1. The van der Waals surface area contributed by atoms with Crippen LogP contribution in [-0.2, 0) is 0 Å². The molecule has 8 heteroatoms. The molecule has 130 valence electrons. The fourth-order valence-corrected chi connectivity index (χ4v) is 3.84. The molecule has 5 rings (SSSR count). The van der Waals surface area contributed by atoms with Crippen LogP contribution in [-0.4, -0.2) is 29.9 Å². The van der Waals surface area contributed by atoms with E-state index in [1.54, 1.807) is 48.5 Å². The standard InChI is InChI=1S/C19H12N6OS/c1-11-17(27-19(24-11)12-8-20-10-21-9-12)14-7-15-13(3-6-26-15)16(25-14)18-22-4-2-5-23-18/h2-10H,1H3. The van der Waals surface area contributed by atoms with Gasteiger partial charge in [-0.05, 0) is 19.1 Å². The Morgan fingerprint density at radius 3 is 2.67 bits per heavy atom. The summed E-state index contributed by atoms with van der Waals surface area (Å²) in [6, 6.07) is 5.58. The van der Waals surface area contributed by atoms with E-state index in [1.165, 1.54) is 6.33 Å². The van der Waals surface area contributed by atoms with E-state index in [-0.39, 0.29) is 0 Å². The van der Waals surface area contributed by atoms with E-state index in [1.807, 2.05) is 19.1 Å². The summed E-state index contributed by atoms with van der Waals surface area (Å²) in [6.45, 7) is 1.96. The Morgan fingerprint density at radius 2 is 1.85 bits per heavy atom. The quantitative estimate of drug-likeness (QED) is 0.469. The number of pyridine rings is 1. The van der Waals surface area contributed by atoms with E-state index in [0.717, 1.165) is 37.8 Å². The summed E-state index contributed by atoms with van der Waals surface area (Å²) in [6.07, 6.45) is 10.1. The monoisotopic (exact) mass is 372 g/mol. The van der Waals surface area contributed by atoms with Crippen molar-refractivity contribution in [3.8, 4) is 32.7 Å². The highest BCUT2D eigenvalue weighted by Gasteiger charge is 2.18. The van der Waals surface area contributed by atoms with Crippen molar-refractivity contribution >= 4 is 22.3 Å². The molecule has 5 heterocycles. The maximum Gasteiger partial charge on any atom is 0.178 e. The van der Waals surface area contributed by atoms with E-state index in [0.29, 0.717) is 11.5 Å². The smallest absolute Gasteiger partial charge is 0.178 e. The van der Waals surface area contributed by atoms with Crippen molar-refractivity contribution in [2.45, 2.75) is 6.92 Å². The number of nitrogens with zero attached hydrogens (tertiary/aromatic N) is 6. The second-order valence-electron chi connectivity index (χ2n) is 5.82. The van der Waals surface area contributed by atoms with Crippen molar-refractivity contribution in [2.75, 3.05) is 0 Å². The molecule has 0 aromatic carbocycles. The highest BCUT2D eigenvalue weighted by Crippen LogP contribution is 2.37. The zero-order chi connectivity index (χ0) is 18.2. The van der Waals surface area contributed by atoms with E-state index >= 15 is 0 Å². The third-order valence-electron chi connectivity index (χ3n) is 4.06. The van der Waals surface area contributed by atoms with Gasteiger partial charge in [-0.15, -0.1) is 11.3 Å². The molecular formula is C19H12N6OS. The first kappa shape index (κ1) is 15.7. The zero-order valence-electron chi connectivity index (χ0n) is 14.2. The summed E-state index contributed by atoms with van der Waals surface area (Å²) in [5.74, 6) is 0.560. The summed E-state index contributed by atoms with van der Waals surface area (Å²) < 4.78 is 5.64. The predicted molar refractivity (Wildman–Crippen MR) is 102 cm³/mol. The van der Waals surface area contributed by atoms with Gasteiger partial charge < -0.3 is 4.42 Å². The number of hydrogen-bond donors (Lipinski definition) is 0. The number of hydrogen-bond acceptors (Lipinski definition) is 8. The average molecular weight is 372 g/mol. The van der Waals surface area contributed by atoms with Crippen LogP contribution < -0.4 is 0 Å². The van der Waals surface area contributed by atoms with E-state index in [4.69, 9.17) is 9.40 Å². The number of aryl methyl sites for hydroxylation is 1. The lowest BCUT2D eigenvalue weighted by Crippen LogP contribution is -1.93. The second-order valence-corrected chi connectivity index (χ2v) is 6.82. The molecule has 0 bridgehead atoms. The molecule has 0 aliphatic rings. The van der Waals surface area contributed by atoms with E-state index in [2.05, 4.69) is 24.9 Å². The maximum atomic E-state index is 5.64. The lowest BCUT2D eigenvalue weighted by molar-refractivity contribution is 0.616. The normalized spacial score (nSPS) is 11.1. The molecule has 0 radical (unpaired) electrons. The maximum absolute atomic E-state index is 5.64. The molecule has 0 unspecified atom stereocenters. The van der Waals surface area contributed by atoms with Crippen LogP contribution in [0.5, 0.6) is 0 Å². The highest BCUT2D eigenvalue weighted by molar-refractivity contribution is 7.18. The van der Waals surface area contributed by atoms with Crippen LogP contribution in [0.25, 0.3) is 43.6 Å². The Labute approximate surface area is 157 Å². The van der Waals surface area contributed by atoms with E-state index < -0.39 is 0 Å². The topological polar surface area (TPSA) is 90.5 Å². The van der Waals surface area contributed by atoms with Gasteiger partial charge in [0.25, 0.3) is 0 Å². The minimum Gasteiger partial charge on any atom is -0.464 e. The van der Waals surface area contributed by atoms with Gasteiger partial charge in [0.2, 0.25) is 0 Å². The van der Waals surface area contributed by atoms with Gasteiger partial charge in [0.05, 0.1) is 22.5 Å². The van der Waals surface area contributed by atoms with E-state index in [9.17, 15) is 0 Å². The van der Waals surface area contributed by atoms with Crippen LogP contribution in [0.4, 0.5) is 0 Å².